The van der Waals surface area contributed by atoms with Gasteiger partial charge in [0.15, 0.2) is 0 Å². The maximum absolute atomic E-state index is 12.0. The minimum absolute atomic E-state index is 0.134. The summed E-state index contributed by atoms with van der Waals surface area (Å²) in [5.41, 5.74) is 3.99. The highest BCUT2D eigenvalue weighted by molar-refractivity contribution is 6.02. The minimum atomic E-state index is -0.134. The number of hydrogen-bond donors (Lipinski definition) is 1. The Morgan fingerprint density at radius 3 is 2.57 bits per heavy atom. The maximum Gasteiger partial charge on any atom is 0.248 e. The first-order valence-electron chi connectivity index (χ1n) is 7.87. The van der Waals surface area contributed by atoms with Gasteiger partial charge in [-0.15, -0.1) is 0 Å². The van der Waals surface area contributed by atoms with Crippen LogP contribution in [0.2, 0.25) is 0 Å². The molecular weight excluding hydrogens is 286 g/mol. The molecule has 0 aliphatic carbocycles. The van der Waals surface area contributed by atoms with Crippen molar-refractivity contribution in [2.45, 2.75) is 27.2 Å². The van der Waals surface area contributed by atoms with Crippen molar-refractivity contribution in [3.8, 4) is 5.75 Å². The third kappa shape index (κ3) is 5.29. The van der Waals surface area contributed by atoms with Crippen molar-refractivity contribution in [2.24, 2.45) is 0 Å². The van der Waals surface area contributed by atoms with Crippen molar-refractivity contribution < 1.29 is 9.53 Å². The van der Waals surface area contributed by atoms with Crippen LogP contribution in [0.1, 0.15) is 30.0 Å². The van der Waals surface area contributed by atoms with E-state index in [0.29, 0.717) is 6.61 Å². The van der Waals surface area contributed by atoms with E-state index in [0.717, 1.165) is 34.5 Å². The number of aryl methyl sites for hydroxylation is 2. The molecule has 3 heteroatoms. The van der Waals surface area contributed by atoms with E-state index in [1.807, 2.05) is 56.3 Å². The Morgan fingerprint density at radius 1 is 1.13 bits per heavy atom. The first-order valence-corrected chi connectivity index (χ1v) is 7.87. The van der Waals surface area contributed by atoms with Crippen LogP contribution in [0.5, 0.6) is 5.75 Å². The van der Waals surface area contributed by atoms with Crippen molar-refractivity contribution in [1.82, 2.24) is 0 Å². The van der Waals surface area contributed by atoms with Crippen LogP contribution in [0.25, 0.3) is 6.08 Å². The molecule has 0 atom stereocenters. The molecule has 0 fully saturated rings. The number of amides is 1. The second kappa shape index (κ2) is 8.18. The van der Waals surface area contributed by atoms with Gasteiger partial charge in [0.2, 0.25) is 5.91 Å². The second-order valence-electron chi connectivity index (χ2n) is 5.56. The van der Waals surface area contributed by atoms with Crippen molar-refractivity contribution >= 4 is 17.7 Å². The number of hydrogen-bond acceptors (Lipinski definition) is 2. The monoisotopic (exact) mass is 309 g/mol. The van der Waals surface area contributed by atoms with Crippen molar-refractivity contribution in [3.05, 3.63) is 65.2 Å². The van der Waals surface area contributed by atoms with Crippen LogP contribution in [-0.4, -0.2) is 12.5 Å². The highest BCUT2D eigenvalue weighted by Gasteiger charge is 2.02. The van der Waals surface area contributed by atoms with Crippen LogP contribution < -0.4 is 10.1 Å². The summed E-state index contributed by atoms with van der Waals surface area (Å²) in [6.07, 6.45) is 4.33. The average molecular weight is 309 g/mol. The molecule has 1 amide bonds. The molecule has 3 nitrogen and oxygen atoms in total. The summed E-state index contributed by atoms with van der Waals surface area (Å²) < 4.78 is 5.54. The van der Waals surface area contributed by atoms with E-state index >= 15 is 0 Å². The van der Waals surface area contributed by atoms with Gasteiger partial charge in [0.05, 0.1) is 6.61 Å². The molecule has 2 rings (SSSR count). The fraction of sp³-hybridized carbons (Fsp3) is 0.250. The Hall–Kier alpha value is -2.55. The largest absolute Gasteiger partial charge is 0.494 e. The van der Waals surface area contributed by atoms with Crippen LogP contribution >= 0.6 is 0 Å². The molecule has 0 saturated heterocycles. The topological polar surface area (TPSA) is 38.3 Å². The zero-order valence-electron chi connectivity index (χ0n) is 13.9. The van der Waals surface area contributed by atoms with Gasteiger partial charge in [0, 0.05) is 11.8 Å². The summed E-state index contributed by atoms with van der Waals surface area (Å²) in [7, 11) is 0. The zero-order chi connectivity index (χ0) is 16.7. The summed E-state index contributed by atoms with van der Waals surface area (Å²) in [4.78, 5) is 12.0. The van der Waals surface area contributed by atoms with Gasteiger partial charge in [-0.1, -0.05) is 31.2 Å². The maximum atomic E-state index is 12.0. The van der Waals surface area contributed by atoms with Crippen LogP contribution in [0.4, 0.5) is 5.69 Å². The van der Waals surface area contributed by atoms with Gasteiger partial charge in [-0.25, -0.2) is 0 Å². The van der Waals surface area contributed by atoms with Gasteiger partial charge < -0.3 is 10.1 Å². The number of ether oxygens (including phenoxy) is 1. The standard InChI is InChI=1S/C20H23NO2/c1-4-13-23-18-10-7-17(8-11-18)9-12-20(22)21-19-14-15(2)5-6-16(19)3/h5-12,14H,4,13H2,1-3H3,(H,21,22). The van der Waals surface area contributed by atoms with Gasteiger partial charge in [-0.05, 0) is 61.2 Å². The predicted molar refractivity (Wildman–Crippen MR) is 95.8 cm³/mol. The summed E-state index contributed by atoms with van der Waals surface area (Å²) in [5, 5.41) is 2.91. The highest BCUT2D eigenvalue weighted by atomic mass is 16.5. The van der Waals surface area contributed by atoms with E-state index in [2.05, 4.69) is 12.2 Å². The molecule has 0 saturated carbocycles. The quantitative estimate of drug-likeness (QED) is 0.782. The predicted octanol–water partition coefficient (Wildman–Crippen LogP) is 4.74. The lowest BCUT2D eigenvalue weighted by atomic mass is 10.1. The number of nitrogens with one attached hydrogen (secondary N) is 1. The van der Waals surface area contributed by atoms with Crippen LogP contribution in [-0.2, 0) is 4.79 Å². The Bertz CT molecular complexity index is 687. The van der Waals surface area contributed by atoms with Crippen LogP contribution in [0.3, 0.4) is 0 Å². The molecule has 0 bridgehead atoms. The number of carbonyl (C=O) groups excluding carboxylic acids is 1. The first-order chi connectivity index (χ1) is 11.1. The highest BCUT2D eigenvalue weighted by Crippen LogP contribution is 2.17. The molecule has 2 aromatic rings. The lowest BCUT2D eigenvalue weighted by molar-refractivity contribution is -0.111. The van der Waals surface area contributed by atoms with E-state index in [9.17, 15) is 4.79 Å². The number of anilines is 1. The number of rotatable bonds is 6. The summed E-state index contributed by atoms with van der Waals surface area (Å²) >= 11 is 0. The molecule has 1 N–H and O–H groups in total. The van der Waals surface area contributed by atoms with E-state index in [1.54, 1.807) is 12.2 Å². The summed E-state index contributed by atoms with van der Waals surface area (Å²) in [6, 6.07) is 13.7. The molecule has 0 aromatic heterocycles. The van der Waals surface area contributed by atoms with E-state index in [4.69, 9.17) is 4.74 Å². The van der Waals surface area contributed by atoms with Gasteiger partial charge in [-0.3, -0.25) is 4.79 Å². The normalized spacial score (nSPS) is 10.7. The molecule has 0 aliphatic heterocycles. The molecule has 0 aliphatic rings. The fourth-order valence-electron chi connectivity index (χ4n) is 2.11. The molecule has 120 valence electrons. The van der Waals surface area contributed by atoms with E-state index < -0.39 is 0 Å². The summed E-state index contributed by atoms with van der Waals surface area (Å²) in [6.45, 7) is 6.78. The molecular formula is C20H23NO2. The minimum Gasteiger partial charge on any atom is -0.494 e. The Balaban J connectivity index is 1.96. The van der Waals surface area contributed by atoms with Crippen molar-refractivity contribution in [3.63, 3.8) is 0 Å². The van der Waals surface area contributed by atoms with Crippen molar-refractivity contribution in [1.29, 1.82) is 0 Å². The van der Waals surface area contributed by atoms with Gasteiger partial charge >= 0.3 is 0 Å². The van der Waals surface area contributed by atoms with Crippen LogP contribution in [0.15, 0.2) is 48.5 Å². The number of carbonyl (C=O) groups is 1. The van der Waals surface area contributed by atoms with Crippen molar-refractivity contribution in [2.75, 3.05) is 11.9 Å². The molecule has 0 heterocycles. The first kappa shape index (κ1) is 16.8. The third-order valence-corrected chi connectivity index (χ3v) is 3.43. The van der Waals surface area contributed by atoms with Gasteiger partial charge in [0.1, 0.15) is 5.75 Å². The third-order valence-electron chi connectivity index (χ3n) is 3.43. The summed E-state index contributed by atoms with van der Waals surface area (Å²) in [5.74, 6) is 0.717. The van der Waals surface area contributed by atoms with Crippen LogP contribution in [0, 0.1) is 13.8 Å². The molecule has 0 radical (unpaired) electrons. The Morgan fingerprint density at radius 2 is 1.87 bits per heavy atom. The average Bonchev–Trinajstić information content (AvgIpc) is 2.55. The smallest absolute Gasteiger partial charge is 0.248 e. The second-order valence-corrected chi connectivity index (χ2v) is 5.56. The molecule has 0 unspecified atom stereocenters. The lowest BCUT2D eigenvalue weighted by Gasteiger charge is -2.07. The van der Waals surface area contributed by atoms with E-state index in [1.165, 1.54) is 0 Å². The Labute approximate surface area is 138 Å². The fourth-order valence-corrected chi connectivity index (χ4v) is 2.11. The zero-order valence-corrected chi connectivity index (χ0v) is 13.9. The molecule has 23 heavy (non-hydrogen) atoms. The SMILES string of the molecule is CCCOc1ccc(C=CC(=O)Nc2cc(C)ccc2C)cc1. The van der Waals surface area contributed by atoms with E-state index in [-0.39, 0.29) is 5.91 Å². The van der Waals surface area contributed by atoms with Gasteiger partial charge in [-0.2, -0.15) is 0 Å². The van der Waals surface area contributed by atoms with Gasteiger partial charge in [0.25, 0.3) is 0 Å². The molecule has 0 spiro atoms. The number of benzene rings is 2. The Kier molecular flexibility index (Phi) is 5.98. The lowest BCUT2D eigenvalue weighted by Crippen LogP contribution is -2.09. The molecule has 2 aromatic carbocycles.